The minimum absolute atomic E-state index is 0.0775. The lowest BCUT2D eigenvalue weighted by atomic mass is 9.44. The lowest BCUT2D eigenvalue weighted by Crippen LogP contribution is -2.69. The fourth-order valence-corrected chi connectivity index (χ4v) is 8.29. The molecular weight excluding hydrogens is 456 g/mol. The molecule has 0 aromatic heterocycles. The van der Waals surface area contributed by atoms with Crippen LogP contribution in [0, 0.1) is 36.5 Å². The van der Waals surface area contributed by atoms with Gasteiger partial charge in [-0.25, -0.2) is 4.79 Å². The highest BCUT2D eigenvalue weighted by Gasteiger charge is 2.90. The molecule has 3 saturated carbocycles. The number of ketones is 1. The Balaban J connectivity index is 1.61. The largest absolute Gasteiger partial charge is 0.452 e. The molecular formula is C25H30N2O8. The van der Waals surface area contributed by atoms with Gasteiger partial charge >= 0.3 is 5.97 Å². The molecule has 0 amide bonds. The summed E-state index contributed by atoms with van der Waals surface area (Å²) in [6.07, 6.45) is 3.36. The van der Waals surface area contributed by atoms with Crippen molar-refractivity contribution in [3.05, 3.63) is 44.0 Å². The van der Waals surface area contributed by atoms with E-state index in [1.165, 1.54) is 0 Å². The van der Waals surface area contributed by atoms with Crippen LogP contribution in [0.3, 0.4) is 0 Å². The lowest BCUT2D eigenvalue weighted by Gasteiger charge is -2.59. The van der Waals surface area contributed by atoms with Crippen molar-refractivity contribution in [2.24, 2.45) is 16.2 Å². The van der Waals surface area contributed by atoms with Gasteiger partial charge < -0.3 is 9.47 Å². The van der Waals surface area contributed by atoms with Crippen LogP contribution in [0.15, 0.2) is 18.2 Å². The monoisotopic (exact) mass is 486 g/mol. The van der Waals surface area contributed by atoms with E-state index in [2.05, 4.69) is 20.8 Å². The van der Waals surface area contributed by atoms with Crippen molar-refractivity contribution in [2.75, 3.05) is 0 Å². The predicted octanol–water partition coefficient (Wildman–Crippen LogP) is 4.92. The number of epoxide rings is 1. The maximum atomic E-state index is 13.7. The summed E-state index contributed by atoms with van der Waals surface area (Å²) in [5, 5.41) is 22.7. The van der Waals surface area contributed by atoms with Gasteiger partial charge in [-0.15, -0.1) is 0 Å². The Hall–Kier alpha value is -2.88. The lowest BCUT2D eigenvalue weighted by molar-refractivity contribution is -0.394. The number of nitro groups is 2. The van der Waals surface area contributed by atoms with E-state index in [9.17, 15) is 29.8 Å². The summed E-state index contributed by atoms with van der Waals surface area (Å²) in [6, 6.07) is 2.76. The van der Waals surface area contributed by atoms with Crippen LogP contribution in [0.2, 0.25) is 0 Å². The second-order valence-corrected chi connectivity index (χ2v) is 13.0. The number of carbonyl (C=O) groups is 2. The molecule has 4 fully saturated rings. The molecule has 4 atom stereocenters. The van der Waals surface area contributed by atoms with Crippen LogP contribution in [-0.2, 0) is 14.3 Å². The van der Waals surface area contributed by atoms with Crippen LogP contribution in [0.1, 0.15) is 83.5 Å². The van der Waals surface area contributed by atoms with E-state index in [1.807, 2.05) is 13.8 Å². The predicted molar refractivity (Wildman–Crippen MR) is 123 cm³/mol. The number of carbonyl (C=O) groups excluding carboxylic acids is 2. The molecule has 10 heteroatoms. The van der Waals surface area contributed by atoms with Crippen molar-refractivity contribution >= 4 is 23.1 Å². The van der Waals surface area contributed by atoms with Crippen molar-refractivity contribution in [2.45, 2.75) is 89.9 Å². The van der Waals surface area contributed by atoms with Crippen LogP contribution < -0.4 is 0 Å². The third-order valence-electron chi connectivity index (χ3n) is 8.33. The van der Waals surface area contributed by atoms with Crippen LogP contribution >= 0.6 is 0 Å². The summed E-state index contributed by atoms with van der Waals surface area (Å²) in [7, 11) is 0. The van der Waals surface area contributed by atoms with Crippen molar-refractivity contribution in [1.29, 1.82) is 0 Å². The SMILES string of the molecule is CC1(C)C[C@]2(C)C[C@@](OC(=O)c3cc([N+](=O)[O-])cc([N+](=O)[O-])c3)(C1)[C@]13O[C@]1(CC(C)(C)CC3=O)C2. The number of fused-ring (bicyclic) bond motifs is 2. The summed E-state index contributed by atoms with van der Waals surface area (Å²) < 4.78 is 12.7. The van der Waals surface area contributed by atoms with Gasteiger partial charge in [-0.2, -0.15) is 0 Å². The van der Waals surface area contributed by atoms with Crippen LogP contribution in [0.4, 0.5) is 11.4 Å². The number of benzene rings is 1. The van der Waals surface area contributed by atoms with Gasteiger partial charge in [0.2, 0.25) is 0 Å². The van der Waals surface area contributed by atoms with Crippen molar-refractivity contribution in [1.82, 2.24) is 0 Å². The van der Waals surface area contributed by atoms with Crippen LogP contribution in [-0.4, -0.2) is 38.4 Å². The van der Waals surface area contributed by atoms with E-state index in [0.29, 0.717) is 32.1 Å². The number of esters is 1. The van der Waals surface area contributed by atoms with E-state index >= 15 is 0 Å². The summed E-state index contributed by atoms with van der Waals surface area (Å²) in [5.74, 6) is -0.999. The van der Waals surface area contributed by atoms with Gasteiger partial charge in [-0.3, -0.25) is 25.0 Å². The Bertz CT molecular complexity index is 1170. The van der Waals surface area contributed by atoms with E-state index in [1.54, 1.807) is 0 Å². The quantitative estimate of drug-likeness (QED) is 0.253. The molecule has 1 aromatic rings. The average molecular weight is 487 g/mol. The van der Waals surface area contributed by atoms with Crippen molar-refractivity contribution in [3.63, 3.8) is 0 Å². The van der Waals surface area contributed by atoms with E-state index in [4.69, 9.17) is 9.47 Å². The number of rotatable bonds is 4. The maximum absolute atomic E-state index is 13.7. The fourth-order valence-electron chi connectivity index (χ4n) is 8.29. The van der Waals surface area contributed by atoms with Gasteiger partial charge in [0.05, 0.1) is 21.5 Å². The van der Waals surface area contributed by atoms with E-state index < -0.39 is 44.0 Å². The van der Waals surface area contributed by atoms with Crippen molar-refractivity contribution < 1.29 is 28.9 Å². The van der Waals surface area contributed by atoms with Gasteiger partial charge in [-0.1, -0.05) is 34.6 Å². The van der Waals surface area contributed by atoms with Gasteiger partial charge in [0, 0.05) is 18.6 Å². The molecule has 188 valence electrons. The zero-order valence-corrected chi connectivity index (χ0v) is 20.6. The Morgan fingerprint density at radius 2 is 1.49 bits per heavy atom. The van der Waals surface area contributed by atoms with Crippen molar-refractivity contribution in [3.8, 4) is 0 Å². The topological polar surface area (TPSA) is 142 Å². The Morgan fingerprint density at radius 1 is 0.886 bits per heavy atom. The second kappa shape index (κ2) is 6.66. The first-order chi connectivity index (χ1) is 16.0. The first-order valence-corrected chi connectivity index (χ1v) is 11.9. The third-order valence-corrected chi connectivity index (χ3v) is 8.33. The van der Waals surface area contributed by atoms with Gasteiger partial charge in [-0.05, 0) is 48.3 Å². The van der Waals surface area contributed by atoms with Gasteiger partial charge in [0.1, 0.15) is 5.60 Å². The molecule has 35 heavy (non-hydrogen) atoms. The molecule has 3 aliphatic carbocycles. The summed E-state index contributed by atoms with van der Waals surface area (Å²) >= 11 is 0. The summed E-state index contributed by atoms with van der Waals surface area (Å²) in [4.78, 5) is 48.4. The van der Waals surface area contributed by atoms with E-state index in [-0.39, 0.29) is 27.6 Å². The number of Topliss-reactive ketones (excluding diaryl/α,β-unsaturated/α-hetero) is 1. The molecule has 0 unspecified atom stereocenters. The maximum Gasteiger partial charge on any atom is 0.339 e. The Labute approximate surface area is 202 Å². The highest BCUT2D eigenvalue weighted by atomic mass is 16.7. The Kier molecular flexibility index (Phi) is 4.54. The molecule has 1 heterocycles. The highest BCUT2D eigenvalue weighted by molar-refractivity contribution is 5.97. The third kappa shape index (κ3) is 3.32. The molecule has 4 aliphatic rings. The molecule has 10 nitrogen and oxygen atoms in total. The summed E-state index contributed by atoms with van der Waals surface area (Å²) in [5.41, 5.74) is -5.43. The smallest absolute Gasteiger partial charge is 0.339 e. The highest BCUT2D eigenvalue weighted by Crippen LogP contribution is 2.77. The normalized spacial score (nSPS) is 38.0. The first kappa shape index (κ1) is 23.8. The van der Waals surface area contributed by atoms with Crippen LogP contribution in [0.5, 0.6) is 0 Å². The molecule has 0 N–H and O–H groups in total. The Morgan fingerprint density at radius 3 is 2.06 bits per heavy atom. The minimum atomic E-state index is -1.26. The molecule has 0 radical (unpaired) electrons. The zero-order chi connectivity index (χ0) is 25.8. The summed E-state index contributed by atoms with van der Waals surface area (Å²) in [6.45, 7) is 10.4. The zero-order valence-electron chi connectivity index (χ0n) is 20.6. The standard InChI is InChI=1S/C25H30N2O8/c1-20(2)9-18(28)25-23(12-21(3,4)10-22(5,13-23)14-24(25,11-20)35-25)34-19(29)15-6-16(26(30)31)8-17(7-15)27(32)33/h6-8H,9-14H2,1-5H3/t22-,23+,24-,25+/m1/s1. The molecule has 5 rings (SSSR count). The molecule has 1 aliphatic heterocycles. The van der Waals surface area contributed by atoms with E-state index in [0.717, 1.165) is 24.6 Å². The number of nitro benzene ring substituents is 2. The fraction of sp³-hybridized carbons (Fsp3) is 0.680. The van der Waals surface area contributed by atoms with Gasteiger partial charge in [0.25, 0.3) is 11.4 Å². The first-order valence-electron chi connectivity index (χ1n) is 11.9. The number of ether oxygens (including phenoxy) is 2. The number of nitrogens with zero attached hydrogens (tertiary/aromatic N) is 2. The average Bonchev–Trinajstić information content (AvgIpc) is 3.34. The molecule has 0 spiro atoms. The second-order valence-electron chi connectivity index (χ2n) is 13.0. The van der Waals surface area contributed by atoms with Crippen LogP contribution in [0.25, 0.3) is 0 Å². The number of hydrogen-bond donors (Lipinski definition) is 0. The number of non-ortho nitro benzene ring substituents is 2. The molecule has 1 saturated heterocycles. The minimum Gasteiger partial charge on any atom is -0.452 e. The molecule has 1 aromatic carbocycles. The van der Waals surface area contributed by atoms with Gasteiger partial charge in [0.15, 0.2) is 17.0 Å². The number of hydrogen-bond acceptors (Lipinski definition) is 8. The molecule has 2 bridgehead atoms.